The van der Waals surface area contributed by atoms with Crippen LogP contribution < -0.4 is 0 Å². The van der Waals surface area contributed by atoms with Gasteiger partial charge in [0.2, 0.25) is 5.91 Å². The molecule has 26 heavy (non-hydrogen) atoms. The third-order valence-electron chi connectivity index (χ3n) is 6.19. The molecule has 1 aromatic heterocycles. The lowest BCUT2D eigenvalue weighted by molar-refractivity contribution is -0.146. The molecule has 2 saturated heterocycles. The Morgan fingerprint density at radius 3 is 3.00 bits per heavy atom. The highest BCUT2D eigenvalue weighted by molar-refractivity contribution is 5.77. The van der Waals surface area contributed by atoms with Crippen molar-refractivity contribution < 1.29 is 19.0 Å². The van der Waals surface area contributed by atoms with E-state index in [1.807, 2.05) is 17.4 Å². The zero-order chi connectivity index (χ0) is 18.0. The number of hydrogen-bond donors (Lipinski definition) is 0. The summed E-state index contributed by atoms with van der Waals surface area (Å²) >= 11 is 0. The van der Waals surface area contributed by atoms with Crippen LogP contribution in [0.5, 0.6) is 0 Å². The molecule has 1 aromatic rings. The van der Waals surface area contributed by atoms with Gasteiger partial charge >= 0.3 is 0 Å². The van der Waals surface area contributed by atoms with Crippen molar-refractivity contribution in [1.82, 2.24) is 14.5 Å². The third-order valence-corrected chi connectivity index (χ3v) is 6.19. The van der Waals surface area contributed by atoms with Gasteiger partial charge in [-0.3, -0.25) is 4.79 Å². The Labute approximate surface area is 154 Å². The lowest BCUT2D eigenvalue weighted by atomic mass is 9.77. The number of nitrogens with zero attached hydrogens (tertiary/aromatic N) is 3. The van der Waals surface area contributed by atoms with Crippen molar-refractivity contribution in [1.29, 1.82) is 0 Å². The Kier molecular flexibility index (Phi) is 5.03. The van der Waals surface area contributed by atoms with Gasteiger partial charge in [0.05, 0.1) is 44.7 Å². The second-order valence-corrected chi connectivity index (χ2v) is 8.11. The normalized spacial score (nSPS) is 31.0. The van der Waals surface area contributed by atoms with Crippen LogP contribution in [-0.4, -0.2) is 71.6 Å². The second kappa shape index (κ2) is 7.29. The Morgan fingerprint density at radius 1 is 1.42 bits per heavy atom. The van der Waals surface area contributed by atoms with Crippen molar-refractivity contribution in [2.24, 2.45) is 5.92 Å². The van der Waals surface area contributed by atoms with E-state index in [-0.39, 0.29) is 17.1 Å². The zero-order valence-electron chi connectivity index (χ0n) is 15.6. The number of methoxy groups -OCH3 is 1. The minimum absolute atomic E-state index is 0.165. The smallest absolute Gasteiger partial charge is 0.225 e. The summed E-state index contributed by atoms with van der Waals surface area (Å²) < 4.78 is 19.8. The van der Waals surface area contributed by atoms with Gasteiger partial charge in [0.15, 0.2) is 0 Å². The Balaban J connectivity index is 1.38. The number of imidazole rings is 1. The van der Waals surface area contributed by atoms with E-state index in [0.717, 1.165) is 32.2 Å². The van der Waals surface area contributed by atoms with Gasteiger partial charge in [-0.05, 0) is 25.7 Å². The van der Waals surface area contributed by atoms with Crippen molar-refractivity contribution in [3.05, 3.63) is 18.7 Å². The van der Waals surface area contributed by atoms with Crippen LogP contribution in [0.1, 0.15) is 32.1 Å². The molecule has 0 aromatic carbocycles. The number of hydrogen-bond acceptors (Lipinski definition) is 5. The number of carbonyl (C=O) groups excluding carboxylic acids is 1. The van der Waals surface area contributed by atoms with E-state index in [0.29, 0.717) is 45.2 Å². The summed E-state index contributed by atoms with van der Waals surface area (Å²) in [5, 5.41) is 0. The molecule has 144 valence electrons. The molecule has 1 saturated carbocycles. The minimum Gasteiger partial charge on any atom is -0.378 e. The van der Waals surface area contributed by atoms with Gasteiger partial charge in [0.1, 0.15) is 5.60 Å². The Bertz CT molecular complexity index is 611. The molecule has 0 radical (unpaired) electrons. The van der Waals surface area contributed by atoms with Crippen LogP contribution in [0, 0.1) is 5.92 Å². The van der Waals surface area contributed by atoms with Gasteiger partial charge in [-0.15, -0.1) is 0 Å². The number of rotatable bonds is 5. The quantitative estimate of drug-likeness (QED) is 0.793. The molecule has 1 spiro atoms. The van der Waals surface area contributed by atoms with E-state index < -0.39 is 0 Å². The molecule has 4 rings (SSSR count). The maximum Gasteiger partial charge on any atom is 0.225 e. The number of ether oxygens (including phenoxy) is 3. The van der Waals surface area contributed by atoms with Crippen molar-refractivity contribution in [2.45, 2.75) is 49.9 Å². The molecule has 1 aliphatic carbocycles. The summed E-state index contributed by atoms with van der Waals surface area (Å²) in [5.74, 6) is 0.581. The Hall–Kier alpha value is -1.44. The van der Waals surface area contributed by atoms with Crippen LogP contribution in [0.15, 0.2) is 18.7 Å². The molecule has 7 nitrogen and oxygen atoms in total. The number of aromatic nitrogens is 2. The van der Waals surface area contributed by atoms with Crippen LogP contribution in [0.3, 0.4) is 0 Å². The molecular weight excluding hydrogens is 334 g/mol. The first-order chi connectivity index (χ1) is 12.6. The summed E-state index contributed by atoms with van der Waals surface area (Å²) in [4.78, 5) is 19.0. The highest BCUT2D eigenvalue weighted by Crippen LogP contribution is 2.39. The largest absolute Gasteiger partial charge is 0.378 e. The summed E-state index contributed by atoms with van der Waals surface area (Å²) in [7, 11) is 1.72. The van der Waals surface area contributed by atoms with Gasteiger partial charge in [-0.25, -0.2) is 4.98 Å². The predicted octanol–water partition coefficient (Wildman–Crippen LogP) is 1.48. The fourth-order valence-electron chi connectivity index (χ4n) is 4.49. The topological polar surface area (TPSA) is 65.8 Å². The maximum atomic E-state index is 12.9. The highest BCUT2D eigenvalue weighted by Gasteiger charge is 2.46. The fraction of sp³-hybridized carbons (Fsp3) is 0.789. The lowest BCUT2D eigenvalue weighted by Gasteiger charge is -2.41. The first kappa shape index (κ1) is 17.9. The maximum absolute atomic E-state index is 12.9. The molecule has 2 unspecified atom stereocenters. The average Bonchev–Trinajstić information content (AvgIpc) is 3.19. The van der Waals surface area contributed by atoms with Gasteiger partial charge < -0.3 is 23.7 Å². The van der Waals surface area contributed by atoms with Crippen LogP contribution in [-0.2, 0) is 25.5 Å². The van der Waals surface area contributed by atoms with E-state index >= 15 is 0 Å². The fourth-order valence-corrected chi connectivity index (χ4v) is 4.49. The summed E-state index contributed by atoms with van der Waals surface area (Å²) in [5.41, 5.74) is -0.616. The SMILES string of the molecule is COC1(CC(=O)N2CCOCC3(CC(Cn4ccnc4)CO3)C2)CCC1. The van der Waals surface area contributed by atoms with Gasteiger partial charge in [-0.2, -0.15) is 0 Å². The van der Waals surface area contributed by atoms with Gasteiger partial charge in [0, 0.05) is 38.5 Å². The molecule has 1 amide bonds. The molecule has 2 aliphatic heterocycles. The minimum atomic E-state index is -0.378. The van der Waals surface area contributed by atoms with Gasteiger partial charge in [-0.1, -0.05) is 0 Å². The zero-order valence-corrected chi connectivity index (χ0v) is 15.6. The van der Waals surface area contributed by atoms with E-state index in [2.05, 4.69) is 9.55 Å². The molecule has 3 fully saturated rings. The molecule has 7 heteroatoms. The van der Waals surface area contributed by atoms with Crippen LogP contribution in [0.2, 0.25) is 0 Å². The van der Waals surface area contributed by atoms with Crippen molar-refractivity contribution >= 4 is 5.91 Å². The van der Waals surface area contributed by atoms with Crippen LogP contribution in [0.25, 0.3) is 0 Å². The van der Waals surface area contributed by atoms with E-state index in [1.54, 1.807) is 13.3 Å². The summed E-state index contributed by atoms with van der Waals surface area (Å²) in [6.45, 7) is 3.98. The van der Waals surface area contributed by atoms with E-state index in [4.69, 9.17) is 14.2 Å². The second-order valence-electron chi connectivity index (χ2n) is 8.11. The molecule has 3 aliphatic rings. The third kappa shape index (κ3) is 3.66. The van der Waals surface area contributed by atoms with Crippen LogP contribution >= 0.6 is 0 Å². The monoisotopic (exact) mass is 363 g/mol. The first-order valence-electron chi connectivity index (χ1n) is 9.62. The van der Waals surface area contributed by atoms with Crippen molar-refractivity contribution in [2.75, 3.05) is 40.0 Å². The van der Waals surface area contributed by atoms with Crippen molar-refractivity contribution in [3.8, 4) is 0 Å². The van der Waals surface area contributed by atoms with Gasteiger partial charge in [0.25, 0.3) is 0 Å². The summed E-state index contributed by atoms with van der Waals surface area (Å²) in [6, 6.07) is 0. The molecule has 0 bridgehead atoms. The molecular formula is C19H29N3O4. The van der Waals surface area contributed by atoms with E-state index in [9.17, 15) is 4.79 Å². The van der Waals surface area contributed by atoms with E-state index in [1.165, 1.54) is 0 Å². The predicted molar refractivity (Wildman–Crippen MR) is 94.6 cm³/mol. The number of amides is 1. The van der Waals surface area contributed by atoms with Crippen molar-refractivity contribution in [3.63, 3.8) is 0 Å². The standard InChI is InChI=1S/C19H29N3O4/c1-24-18(3-2-4-18)10-17(23)22-7-8-25-14-19(13-22)9-16(12-26-19)11-21-6-5-20-15-21/h5-6,15-16H,2-4,7-14H2,1H3. The first-order valence-corrected chi connectivity index (χ1v) is 9.62. The number of carbonyl (C=O) groups is 1. The molecule has 2 atom stereocenters. The Morgan fingerprint density at radius 2 is 2.31 bits per heavy atom. The molecule has 3 heterocycles. The molecule has 0 N–H and O–H groups in total. The average molecular weight is 363 g/mol. The summed E-state index contributed by atoms with van der Waals surface area (Å²) in [6.07, 6.45) is 10.1. The lowest BCUT2D eigenvalue weighted by Crippen LogP contribution is -2.50. The highest BCUT2D eigenvalue weighted by atomic mass is 16.5. The van der Waals surface area contributed by atoms with Crippen LogP contribution in [0.4, 0.5) is 0 Å².